The van der Waals surface area contributed by atoms with Crippen molar-refractivity contribution in [2.45, 2.75) is 77.4 Å². The van der Waals surface area contributed by atoms with E-state index in [0.717, 1.165) is 11.1 Å². The molecule has 2 aromatic rings. The van der Waals surface area contributed by atoms with Gasteiger partial charge in [-0.25, -0.2) is 4.79 Å². The van der Waals surface area contributed by atoms with Gasteiger partial charge >= 0.3 is 11.9 Å². The van der Waals surface area contributed by atoms with E-state index in [2.05, 4.69) is 10.6 Å². The summed E-state index contributed by atoms with van der Waals surface area (Å²) in [5.41, 5.74) is 1.85. The number of cyclic esters (lactones) is 2. The van der Waals surface area contributed by atoms with E-state index in [0.29, 0.717) is 5.75 Å². The molecule has 2 amide bonds. The summed E-state index contributed by atoms with van der Waals surface area (Å²) in [6.45, 7) is 7.37. The lowest BCUT2D eigenvalue weighted by atomic mass is 9.93. The van der Waals surface area contributed by atoms with Gasteiger partial charge in [-0.05, 0) is 41.7 Å². The van der Waals surface area contributed by atoms with Crippen LogP contribution in [0.3, 0.4) is 0 Å². The third-order valence-corrected chi connectivity index (χ3v) is 8.09. The fourth-order valence-corrected chi connectivity index (χ4v) is 5.31. The van der Waals surface area contributed by atoms with Gasteiger partial charge in [0.05, 0.1) is 19.1 Å². The second-order valence-corrected chi connectivity index (χ2v) is 12.2. The second-order valence-electron chi connectivity index (χ2n) is 12.2. The fourth-order valence-electron chi connectivity index (χ4n) is 5.31. The van der Waals surface area contributed by atoms with Crippen LogP contribution in [0.15, 0.2) is 66.7 Å². The lowest BCUT2D eigenvalue weighted by Crippen LogP contribution is -2.49. The molecule has 2 aromatic carbocycles. The number of carbonyl (C=O) groups is 4. The van der Waals surface area contributed by atoms with Crippen molar-refractivity contribution in [2.24, 2.45) is 17.8 Å². The molecule has 4 rings (SSSR count). The molecule has 0 aliphatic carbocycles. The highest BCUT2D eigenvalue weighted by Crippen LogP contribution is 2.45. The Labute approximate surface area is 264 Å². The molecule has 10 nitrogen and oxygen atoms in total. The van der Waals surface area contributed by atoms with Crippen LogP contribution in [0.4, 0.5) is 0 Å². The maximum Gasteiger partial charge on any atom is 0.347 e. The molecule has 0 radical (unpaired) electrons. The molecule has 242 valence electrons. The monoisotopic (exact) mass is 620 g/mol. The molecule has 7 atom stereocenters. The van der Waals surface area contributed by atoms with Crippen LogP contribution < -0.4 is 15.4 Å². The summed E-state index contributed by atoms with van der Waals surface area (Å²) < 4.78 is 22.9. The summed E-state index contributed by atoms with van der Waals surface area (Å²) in [6.07, 6.45) is 1.61. The highest BCUT2D eigenvalue weighted by molar-refractivity contribution is 5.93. The lowest BCUT2D eigenvalue weighted by Gasteiger charge is -2.27. The van der Waals surface area contributed by atoms with E-state index >= 15 is 0 Å². The van der Waals surface area contributed by atoms with Crippen LogP contribution in [-0.2, 0) is 39.8 Å². The molecule has 2 aliphatic heterocycles. The van der Waals surface area contributed by atoms with E-state index in [1.54, 1.807) is 32.2 Å². The number of amides is 2. The number of esters is 2. The fraction of sp³-hybridized carbons (Fsp3) is 0.486. The van der Waals surface area contributed by atoms with Gasteiger partial charge in [-0.1, -0.05) is 76.2 Å². The molecular weight excluding hydrogens is 576 g/mol. The van der Waals surface area contributed by atoms with E-state index in [4.69, 9.17) is 18.9 Å². The average Bonchev–Trinajstić information content (AvgIpc) is 3.83. The third-order valence-electron chi connectivity index (χ3n) is 8.09. The molecule has 45 heavy (non-hydrogen) atoms. The van der Waals surface area contributed by atoms with Crippen LogP contribution in [0.2, 0.25) is 0 Å². The van der Waals surface area contributed by atoms with Gasteiger partial charge in [0.25, 0.3) is 0 Å². The SMILES string of the molecule is COc1ccc(C[C@H]2NC(=O)C=CC[C@@H]([C@H](C)[C@H]3O[C@@H]3c3ccccc3)OC(=O)[C@H](CC(C)C)OC(=O)[C@H](C)CNC2=O)cc1. The van der Waals surface area contributed by atoms with Crippen molar-refractivity contribution in [1.29, 1.82) is 0 Å². The number of hydrogen-bond acceptors (Lipinski definition) is 8. The van der Waals surface area contributed by atoms with Crippen LogP contribution in [0, 0.1) is 17.8 Å². The van der Waals surface area contributed by atoms with Gasteiger partial charge in [0.1, 0.15) is 24.0 Å². The number of rotatable bonds is 8. The highest BCUT2D eigenvalue weighted by atomic mass is 16.6. The van der Waals surface area contributed by atoms with Gasteiger partial charge in [0, 0.05) is 25.3 Å². The lowest BCUT2D eigenvalue weighted by molar-refractivity contribution is -0.176. The number of nitrogens with one attached hydrogen (secondary N) is 2. The smallest absolute Gasteiger partial charge is 0.347 e. The van der Waals surface area contributed by atoms with E-state index in [9.17, 15) is 19.2 Å². The Morgan fingerprint density at radius 3 is 2.31 bits per heavy atom. The van der Waals surface area contributed by atoms with Gasteiger partial charge in [0.15, 0.2) is 6.10 Å². The molecule has 0 spiro atoms. The van der Waals surface area contributed by atoms with Crippen molar-refractivity contribution >= 4 is 23.8 Å². The van der Waals surface area contributed by atoms with Crippen LogP contribution in [0.25, 0.3) is 0 Å². The van der Waals surface area contributed by atoms with E-state index in [-0.39, 0.29) is 49.9 Å². The summed E-state index contributed by atoms with van der Waals surface area (Å²) in [5, 5.41) is 5.53. The van der Waals surface area contributed by atoms with Crippen molar-refractivity contribution in [2.75, 3.05) is 13.7 Å². The van der Waals surface area contributed by atoms with Gasteiger partial charge < -0.3 is 29.6 Å². The molecular formula is C35H44N2O8. The Balaban J connectivity index is 1.57. The molecule has 0 aromatic heterocycles. The quantitative estimate of drug-likeness (QED) is 0.333. The largest absolute Gasteiger partial charge is 0.497 e. The predicted octanol–water partition coefficient (Wildman–Crippen LogP) is 4.08. The molecule has 2 N–H and O–H groups in total. The van der Waals surface area contributed by atoms with Crippen molar-refractivity contribution in [3.63, 3.8) is 0 Å². The van der Waals surface area contributed by atoms with Crippen LogP contribution in [0.1, 0.15) is 57.8 Å². The van der Waals surface area contributed by atoms with Crippen molar-refractivity contribution in [3.05, 3.63) is 77.9 Å². The normalized spacial score (nSPS) is 27.2. The Morgan fingerprint density at radius 1 is 0.933 bits per heavy atom. The number of carbonyl (C=O) groups excluding carboxylic acids is 4. The van der Waals surface area contributed by atoms with Crippen molar-refractivity contribution in [3.8, 4) is 5.75 Å². The van der Waals surface area contributed by atoms with Crippen molar-refractivity contribution in [1.82, 2.24) is 10.6 Å². The van der Waals surface area contributed by atoms with Gasteiger partial charge in [0.2, 0.25) is 11.8 Å². The Kier molecular flexibility index (Phi) is 11.8. The minimum atomic E-state index is -1.11. The van der Waals surface area contributed by atoms with Gasteiger partial charge in [-0.15, -0.1) is 0 Å². The zero-order valence-corrected chi connectivity index (χ0v) is 26.6. The van der Waals surface area contributed by atoms with Crippen LogP contribution >= 0.6 is 0 Å². The first-order chi connectivity index (χ1) is 21.5. The molecule has 0 bridgehead atoms. The average molecular weight is 621 g/mol. The summed E-state index contributed by atoms with van der Waals surface area (Å²) in [4.78, 5) is 52.8. The molecule has 1 saturated heterocycles. The maximum atomic E-state index is 13.5. The van der Waals surface area contributed by atoms with Crippen LogP contribution in [-0.4, -0.2) is 61.8 Å². The van der Waals surface area contributed by atoms with Gasteiger partial charge in [-0.3, -0.25) is 14.4 Å². The van der Waals surface area contributed by atoms with Crippen molar-refractivity contribution < 1.29 is 38.1 Å². The van der Waals surface area contributed by atoms with E-state index < -0.39 is 47.9 Å². The summed E-state index contributed by atoms with van der Waals surface area (Å²) in [5.74, 6) is -2.44. The van der Waals surface area contributed by atoms with E-state index in [1.165, 1.54) is 6.08 Å². The minimum absolute atomic E-state index is 0.0362. The predicted molar refractivity (Wildman–Crippen MR) is 167 cm³/mol. The summed E-state index contributed by atoms with van der Waals surface area (Å²) in [6, 6.07) is 16.1. The summed E-state index contributed by atoms with van der Waals surface area (Å²) in [7, 11) is 1.57. The number of hydrogen-bond donors (Lipinski definition) is 2. The van der Waals surface area contributed by atoms with Gasteiger partial charge in [-0.2, -0.15) is 0 Å². The zero-order valence-electron chi connectivity index (χ0n) is 26.6. The molecule has 0 saturated carbocycles. The van der Waals surface area contributed by atoms with E-state index in [1.807, 2.05) is 63.2 Å². The Morgan fingerprint density at radius 2 is 1.64 bits per heavy atom. The number of benzene rings is 2. The maximum absolute atomic E-state index is 13.5. The highest BCUT2D eigenvalue weighted by Gasteiger charge is 2.47. The third kappa shape index (κ3) is 9.65. The first-order valence-electron chi connectivity index (χ1n) is 15.5. The molecule has 0 unspecified atom stereocenters. The Hall–Kier alpha value is -4.18. The number of epoxide rings is 1. The molecule has 1 fully saturated rings. The molecule has 10 heteroatoms. The number of ether oxygens (including phenoxy) is 4. The summed E-state index contributed by atoms with van der Waals surface area (Å²) >= 11 is 0. The molecule has 2 heterocycles. The first-order valence-corrected chi connectivity index (χ1v) is 15.5. The first kappa shape index (κ1) is 33.7. The number of methoxy groups -OCH3 is 1. The standard InChI is InChI=1S/C35H44N2O8/c1-21(2)18-29-35(41)43-28(23(4)31-32(45-31)25-10-7-6-8-11-25)12-9-13-30(38)37-27(19-24-14-16-26(42-5)17-15-24)33(39)36-20-22(3)34(40)44-29/h6-11,13-17,21-23,27-29,31-32H,12,18-20H2,1-5H3,(H,36,39)(H,37,38)/t22-,23+,27-,28+,29+,31-,32-/m1/s1. The molecule has 2 aliphatic rings. The Bertz CT molecular complexity index is 1340. The zero-order chi connectivity index (χ0) is 32.5. The minimum Gasteiger partial charge on any atom is -0.497 e. The van der Waals surface area contributed by atoms with Crippen LogP contribution in [0.5, 0.6) is 5.75 Å². The second kappa shape index (κ2) is 15.7. The topological polar surface area (TPSA) is 133 Å².